The van der Waals surface area contributed by atoms with Crippen molar-refractivity contribution in [3.63, 3.8) is 0 Å². The first-order valence-electron chi connectivity index (χ1n) is 4.32. The van der Waals surface area contributed by atoms with Gasteiger partial charge in [0.1, 0.15) is 0 Å². The molecule has 1 atom stereocenters. The van der Waals surface area contributed by atoms with Gasteiger partial charge in [0, 0.05) is 18.3 Å². The molecular formula is C8H20NO2Sb. The van der Waals surface area contributed by atoms with Crippen LogP contribution in [0.5, 0.6) is 0 Å². The standard InChI is InChI=1S/C8H17NO2.Sb.3H/c1-3-4-5-6-7-8(2)9(10)11;;;;/h8H,3-7H2,1-2H3;;;;. The number of nitro groups is 1. The van der Waals surface area contributed by atoms with Crippen molar-refractivity contribution in [1.82, 2.24) is 0 Å². The maximum absolute atomic E-state index is 10.2. The van der Waals surface area contributed by atoms with E-state index >= 15 is 0 Å². The summed E-state index contributed by atoms with van der Waals surface area (Å²) in [6.45, 7) is 3.81. The van der Waals surface area contributed by atoms with E-state index in [-0.39, 0.29) is 35.4 Å². The summed E-state index contributed by atoms with van der Waals surface area (Å²) in [5.74, 6) is 0. The molecule has 0 aliphatic carbocycles. The van der Waals surface area contributed by atoms with Gasteiger partial charge in [0.05, 0.1) is 0 Å². The zero-order chi connectivity index (χ0) is 8.69. The molecule has 0 aromatic heterocycles. The van der Waals surface area contributed by atoms with Crippen LogP contribution in [0.3, 0.4) is 0 Å². The second-order valence-electron chi connectivity index (χ2n) is 2.98. The summed E-state index contributed by atoms with van der Waals surface area (Å²) in [6.07, 6.45) is 5.24. The van der Waals surface area contributed by atoms with E-state index in [4.69, 9.17) is 0 Å². The molecule has 0 aromatic rings. The van der Waals surface area contributed by atoms with Crippen molar-refractivity contribution in [3.05, 3.63) is 10.1 Å². The van der Waals surface area contributed by atoms with Gasteiger partial charge in [0.2, 0.25) is 6.04 Å². The fourth-order valence-electron chi connectivity index (χ4n) is 0.972. The van der Waals surface area contributed by atoms with Gasteiger partial charge in [-0.15, -0.1) is 0 Å². The quantitative estimate of drug-likeness (QED) is 0.320. The monoisotopic (exact) mass is 283 g/mol. The summed E-state index contributed by atoms with van der Waals surface area (Å²) < 4.78 is 0. The van der Waals surface area contributed by atoms with Crippen molar-refractivity contribution in [3.8, 4) is 0 Å². The second-order valence-corrected chi connectivity index (χ2v) is 2.98. The molecule has 0 N–H and O–H groups in total. The third-order valence-electron chi connectivity index (χ3n) is 1.84. The Hall–Kier alpha value is 0.218. The van der Waals surface area contributed by atoms with Gasteiger partial charge in [-0.2, -0.15) is 0 Å². The van der Waals surface area contributed by atoms with Gasteiger partial charge in [0.25, 0.3) is 0 Å². The van der Waals surface area contributed by atoms with Crippen LogP contribution < -0.4 is 0 Å². The molecule has 0 fully saturated rings. The average Bonchev–Trinajstić information content (AvgIpc) is 1.97. The van der Waals surface area contributed by atoms with Gasteiger partial charge in [-0.25, -0.2) is 0 Å². The Kier molecular flexibility index (Phi) is 11.4. The number of hydrogen-bond donors (Lipinski definition) is 0. The van der Waals surface area contributed by atoms with Crippen LogP contribution in [0.25, 0.3) is 0 Å². The summed E-state index contributed by atoms with van der Waals surface area (Å²) in [7, 11) is 0. The second kappa shape index (κ2) is 9.31. The Morgan fingerprint density at radius 3 is 2.33 bits per heavy atom. The summed E-state index contributed by atoms with van der Waals surface area (Å²) in [5, 5.41) is 10.2. The van der Waals surface area contributed by atoms with Crippen molar-refractivity contribution in [2.24, 2.45) is 0 Å². The molecule has 0 heterocycles. The fraction of sp³-hybridized carbons (Fsp3) is 1.00. The SMILES string of the molecule is CCCCCCC(C)[N+](=O)[O-].[SbH3]. The van der Waals surface area contributed by atoms with Crippen LogP contribution in [0.1, 0.15) is 46.0 Å². The number of unbranched alkanes of at least 4 members (excludes halogenated alkanes) is 3. The topological polar surface area (TPSA) is 43.1 Å². The van der Waals surface area contributed by atoms with Crippen LogP contribution in [0.15, 0.2) is 0 Å². The van der Waals surface area contributed by atoms with E-state index in [0.29, 0.717) is 0 Å². The van der Waals surface area contributed by atoms with Crippen LogP contribution in [-0.2, 0) is 0 Å². The molecule has 0 aliphatic rings. The Labute approximate surface area is 91.5 Å². The molecule has 4 heteroatoms. The van der Waals surface area contributed by atoms with Gasteiger partial charge in [-0.1, -0.05) is 26.2 Å². The van der Waals surface area contributed by atoms with Gasteiger partial charge in [-0.05, 0) is 6.42 Å². The van der Waals surface area contributed by atoms with E-state index in [2.05, 4.69) is 6.92 Å². The van der Waals surface area contributed by atoms with Crippen molar-refractivity contribution in [1.29, 1.82) is 0 Å². The molecule has 74 valence electrons. The van der Waals surface area contributed by atoms with E-state index < -0.39 is 0 Å². The normalized spacial score (nSPS) is 11.8. The fourth-order valence-corrected chi connectivity index (χ4v) is 0.972. The molecule has 1 unspecified atom stereocenters. The predicted molar refractivity (Wildman–Crippen MR) is 55.2 cm³/mol. The zero-order valence-electron chi connectivity index (χ0n) is 8.08. The first-order valence-corrected chi connectivity index (χ1v) is 4.32. The van der Waals surface area contributed by atoms with E-state index in [1.807, 2.05) is 0 Å². The van der Waals surface area contributed by atoms with E-state index in [1.54, 1.807) is 6.92 Å². The molecular weight excluding hydrogens is 264 g/mol. The minimum absolute atomic E-state index is 0. The van der Waals surface area contributed by atoms with E-state index in [1.165, 1.54) is 12.8 Å². The molecule has 12 heavy (non-hydrogen) atoms. The third-order valence-corrected chi connectivity index (χ3v) is 1.84. The molecule has 0 bridgehead atoms. The molecule has 0 rings (SSSR count). The van der Waals surface area contributed by atoms with Crippen LogP contribution in [0.4, 0.5) is 0 Å². The summed E-state index contributed by atoms with van der Waals surface area (Å²) >= 11 is 0. The molecule has 0 spiro atoms. The van der Waals surface area contributed by atoms with Crippen molar-refractivity contribution in [2.75, 3.05) is 0 Å². The molecule has 0 radical (unpaired) electrons. The first kappa shape index (κ1) is 14.7. The number of hydrogen-bond acceptors (Lipinski definition) is 2. The average molecular weight is 284 g/mol. The van der Waals surface area contributed by atoms with Gasteiger partial charge in [0.15, 0.2) is 0 Å². The predicted octanol–water partition coefficient (Wildman–Crippen LogP) is 1.44. The molecule has 3 nitrogen and oxygen atoms in total. The Balaban J connectivity index is 0. The summed E-state index contributed by atoms with van der Waals surface area (Å²) in [4.78, 5) is 9.97. The van der Waals surface area contributed by atoms with E-state index in [0.717, 1.165) is 19.3 Å². The molecule has 0 amide bonds. The Morgan fingerprint density at radius 1 is 1.33 bits per heavy atom. The van der Waals surface area contributed by atoms with Crippen LogP contribution in [0, 0.1) is 10.1 Å². The maximum atomic E-state index is 10.2. The first-order chi connectivity index (χ1) is 5.18. The number of nitrogens with zero attached hydrogens (tertiary/aromatic N) is 1. The van der Waals surface area contributed by atoms with Gasteiger partial charge in [-0.3, -0.25) is 10.1 Å². The van der Waals surface area contributed by atoms with Crippen LogP contribution in [-0.4, -0.2) is 35.4 Å². The van der Waals surface area contributed by atoms with E-state index in [9.17, 15) is 10.1 Å². The summed E-state index contributed by atoms with van der Waals surface area (Å²) in [5.41, 5.74) is 0. The van der Waals surface area contributed by atoms with Crippen molar-refractivity contribution >= 4 is 24.4 Å². The molecule has 0 saturated heterocycles. The molecule has 0 saturated carbocycles. The Bertz CT molecular complexity index is 120. The van der Waals surface area contributed by atoms with Gasteiger partial charge < -0.3 is 0 Å². The van der Waals surface area contributed by atoms with Crippen molar-refractivity contribution < 1.29 is 4.92 Å². The Morgan fingerprint density at radius 2 is 1.92 bits per heavy atom. The number of rotatable bonds is 6. The van der Waals surface area contributed by atoms with Crippen LogP contribution >= 0.6 is 0 Å². The molecule has 0 aromatic carbocycles. The molecule has 0 aliphatic heterocycles. The van der Waals surface area contributed by atoms with Gasteiger partial charge >= 0.3 is 24.4 Å². The third kappa shape index (κ3) is 8.32. The van der Waals surface area contributed by atoms with Crippen molar-refractivity contribution in [2.45, 2.75) is 52.0 Å². The van der Waals surface area contributed by atoms with Crippen LogP contribution in [0.2, 0.25) is 0 Å². The zero-order valence-corrected chi connectivity index (χ0v) is 12.1. The minimum atomic E-state index is -0.355. The summed E-state index contributed by atoms with van der Waals surface area (Å²) in [6, 6.07) is -0.355.